The van der Waals surface area contributed by atoms with Crippen LogP contribution in [0.25, 0.3) is 30.9 Å². The average molecular weight is 655 g/mol. The van der Waals surface area contributed by atoms with Gasteiger partial charge < -0.3 is 30.1 Å². The van der Waals surface area contributed by atoms with Crippen molar-refractivity contribution in [2.75, 3.05) is 27.3 Å². The number of ether oxygens (including phenoxy) is 2. The molecule has 0 aliphatic rings. The molecule has 16 heteroatoms. The number of H-pyrrole nitrogens is 2. The molecule has 5 rings (SSSR count). The topological polar surface area (TPSA) is 168 Å². The van der Waals surface area contributed by atoms with Crippen molar-refractivity contribution in [1.82, 2.24) is 30.6 Å². The first kappa shape index (κ1) is 30.3. The van der Waals surface area contributed by atoms with Crippen LogP contribution in [-0.2, 0) is 19.1 Å². The first-order valence-corrected chi connectivity index (χ1v) is 16.3. The Labute approximate surface area is 256 Å². The number of fused-ring (bicyclic) bond motifs is 2. The minimum Gasteiger partial charge on any atom is -0.453 e. The lowest BCUT2D eigenvalue weighted by Crippen LogP contribution is -2.28. The second-order valence-corrected chi connectivity index (χ2v) is 13.5. The van der Waals surface area contributed by atoms with E-state index < -0.39 is 12.2 Å². The quantitative estimate of drug-likeness (QED) is 0.131. The van der Waals surface area contributed by atoms with Crippen LogP contribution in [0.15, 0.2) is 36.5 Å². The summed E-state index contributed by atoms with van der Waals surface area (Å²) >= 11 is 3.26. The van der Waals surface area contributed by atoms with E-state index in [4.69, 9.17) is 0 Å². The Balaban J connectivity index is 1.20. The Morgan fingerprint density at radius 3 is 2.47 bits per heavy atom. The molecule has 220 valence electrons. The standard InChI is InChI=1S/C27H24N6O6P2S2/c1-38-26(36)28-8-7-22(34)40-24-29-12-15(31-24)4-5-16-10-20-21(42-16)11-19(43-20)14-3-6-17-18(9-14)33-25(32-17)41-23(35)13-30-27(37)39-2/h3,6,9-12,40-41H,7-8,13H2,1-2H3,(H,28,36)(H,29,31)(H,30,37)(H,32,33). The Kier molecular flexibility index (Phi) is 9.79. The maximum absolute atomic E-state index is 12.2. The number of carbonyl (C=O) groups excluding carboxylic acids is 4. The highest BCUT2D eigenvalue weighted by atomic mass is 32.1. The largest absolute Gasteiger partial charge is 0.453 e. The molecule has 2 unspecified atom stereocenters. The van der Waals surface area contributed by atoms with E-state index in [0.717, 1.165) is 35.8 Å². The summed E-state index contributed by atoms with van der Waals surface area (Å²) in [4.78, 5) is 63.6. The Morgan fingerprint density at radius 1 is 0.907 bits per heavy atom. The molecule has 4 aromatic heterocycles. The number of amides is 2. The molecule has 5 aromatic rings. The molecule has 43 heavy (non-hydrogen) atoms. The number of thiophene rings is 2. The van der Waals surface area contributed by atoms with Crippen LogP contribution < -0.4 is 21.8 Å². The third kappa shape index (κ3) is 8.03. The molecular formula is C27H24N6O6P2S2. The van der Waals surface area contributed by atoms with Gasteiger partial charge in [-0.25, -0.2) is 19.6 Å². The monoisotopic (exact) mass is 654 g/mol. The summed E-state index contributed by atoms with van der Waals surface area (Å²) in [5.41, 5.74) is 4.16. The number of hydrogen-bond donors (Lipinski definition) is 4. The number of carbonyl (C=O) groups is 4. The lowest BCUT2D eigenvalue weighted by Gasteiger charge is -2.01. The van der Waals surface area contributed by atoms with Crippen LogP contribution in [0.3, 0.4) is 0 Å². The van der Waals surface area contributed by atoms with Crippen LogP contribution in [0.1, 0.15) is 17.0 Å². The summed E-state index contributed by atoms with van der Waals surface area (Å²) in [7, 11) is 2.15. The van der Waals surface area contributed by atoms with Crippen LogP contribution in [-0.4, -0.2) is 70.5 Å². The van der Waals surface area contributed by atoms with Crippen molar-refractivity contribution in [3.8, 4) is 22.3 Å². The molecule has 12 nitrogen and oxygen atoms in total. The van der Waals surface area contributed by atoms with Crippen LogP contribution in [0.4, 0.5) is 9.59 Å². The van der Waals surface area contributed by atoms with Gasteiger partial charge in [-0.2, -0.15) is 0 Å². The van der Waals surface area contributed by atoms with Gasteiger partial charge in [-0.1, -0.05) is 6.07 Å². The predicted molar refractivity (Wildman–Crippen MR) is 171 cm³/mol. The molecule has 0 fully saturated rings. The molecule has 4 N–H and O–H groups in total. The van der Waals surface area contributed by atoms with E-state index >= 15 is 0 Å². The lowest BCUT2D eigenvalue weighted by atomic mass is 10.1. The minimum absolute atomic E-state index is 0.0350. The molecule has 2 atom stereocenters. The van der Waals surface area contributed by atoms with Crippen molar-refractivity contribution in [1.29, 1.82) is 0 Å². The molecule has 1 aromatic carbocycles. The highest BCUT2D eigenvalue weighted by Gasteiger charge is 2.13. The van der Waals surface area contributed by atoms with E-state index in [2.05, 4.69) is 64.0 Å². The van der Waals surface area contributed by atoms with Crippen LogP contribution in [0.2, 0.25) is 0 Å². The van der Waals surface area contributed by atoms with Gasteiger partial charge in [-0.15, -0.1) is 22.7 Å². The van der Waals surface area contributed by atoms with E-state index in [1.54, 1.807) is 28.9 Å². The molecule has 0 bridgehead atoms. The third-order valence-electron chi connectivity index (χ3n) is 5.77. The van der Waals surface area contributed by atoms with Crippen molar-refractivity contribution < 1.29 is 28.7 Å². The summed E-state index contributed by atoms with van der Waals surface area (Å²) < 4.78 is 11.2. The molecule has 0 saturated carbocycles. The molecule has 0 radical (unpaired) electrons. The summed E-state index contributed by atoms with van der Waals surface area (Å²) in [6.07, 6.45) is 0.583. The van der Waals surface area contributed by atoms with Crippen molar-refractivity contribution in [2.24, 2.45) is 0 Å². The zero-order valence-electron chi connectivity index (χ0n) is 22.7. The van der Waals surface area contributed by atoms with Gasteiger partial charge in [0.1, 0.15) is 16.8 Å². The molecule has 0 aliphatic heterocycles. The van der Waals surface area contributed by atoms with Gasteiger partial charge in [0.05, 0.1) is 42.9 Å². The fraction of sp³-hybridized carbons (Fsp3) is 0.185. The second kappa shape index (κ2) is 13.9. The molecule has 0 saturated heterocycles. The molecule has 4 heterocycles. The molecule has 2 amide bonds. The van der Waals surface area contributed by atoms with E-state index in [1.807, 2.05) is 18.2 Å². The third-order valence-corrected chi connectivity index (χ3v) is 9.98. The van der Waals surface area contributed by atoms with Crippen molar-refractivity contribution in [2.45, 2.75) is 6.42 Å². The first-order chi connectivity index (χ1) is 20.8. The number of hydrogen-bond acceptors (Lipinski definition) is 10. The predicted octanol–water partition coefficient (Wildman–Crippen LogP) is 3.39. The highest BCUT2D eigenvalue weighted by molar-refractivity contribution is 7.65. The summed E-state index contributed by atoms with van der Waals surface area (Å²) in [6, 6.07) is 10.1. The van der Waals surface area contributed by atoms with E-state index in [0.29, 0.717) is 16.8 Å². The van der Waals surface area contributed by atoms with E-state index in [-0.39, 0.29) is 47.7 Å². The zero-order valence-corrected chi connectivity index (χ0v) is 26.4. The minimum atomic E-state index is -0.649. The molecule has 0 spiro atoms. The van der Waals surface area contributed by atoms with Crippen LogP contribution >= 0.6 is 39.8 Å². The average Bonchev–Trinajstić information content (AvgIpc) is 3.77. The maximum Gasteiger partial charge on any atom is 0.407 e. The number of alkyl carbamates (subject to hydrolysis) is 2. The number of aromatic amines is 2. The Hall–Kier alpha value is -4.14. The molecular weight excluding hydrogens is 630 g/mol. The maximum atomic E-state index is 12.2. The molecule has 0 aliphatic carbocycles. The smallest absolute Gasteiger partial charge is 0.407 e. The summed E-state index contributed by atoms with van der Waals surface area (Å²) in [6.45, 7) is 0.0954. The Bertz CT molecular complexity index is 1870. The number of aromatic nitrogens is 4. The van der Waals surface area contributed by atoms with Gasteiger partial charge in [0.25, 0.3) is 0 Å². The van der Waals surface area contributed by atoms with Crippen LogP contribution in [0.5, 0.6) is 0 Å². The number of nitrogens with zero attached hydrogens (tertiary/aromatic N) is 2. The van der Waals surface area contributed by atoms with Gasteiger partial charge in [0.2, 0.25) is 0 Å². The second-order valence-electron chi connectivity index (χ2n) is 8.77. The SMILES string of the molecule is COC(=O)NCCC(=O)Pc1ncc(C#Cc2cc3sc(-c4ccc5nc(PC(=O)CNC(=O)OC)[nH]c5c4)cc3s2)[nH]1. The number of rotatable bonds is 10. The number of benzene rings is 1. The van der Waals surface area contributed by atoms with Gasteiger partial charge in [0, 0.05) is 44.4 Å². The van der Waals surface area contributed by atoms with Gasteiger partial charge in [0.15, 0.2) is 11.0 Å². The fourth-order valence-corrected chi connectivity index (χ4v) is 7.69. The summed E-state index contributed by atoms with van der Waals surface area (Å²) in [5.74, 6) is 6.24. The van der Waals surface area contributed by atoms with Crippen molar-refractivity contribution >= 4 is 94.6 Å². The number of methoxy groups -OCH3 is 2. The van der Waals surface area contributed by atoms with E-state index in [9.17, 15) is 19.2 Å². The van der Waals surface area contributed by atoms with Crippen molar-refractivity contribution in [3.05, 3.63) is 47.1 Å². The van der Waals surface area contributed by atoms with Gasteiger partial charge in [-0.3, -0.25) is 9.59 Å². The van der Waals surface area contributed by atoms with Gasteiger partial charge in [-0.05, 0) is 41.7 Å². The van der Waals surface area contributed by atoms with Crippen molar-refractivity contribution in [3.63, 3.8) is 0 Å². The summed E-state index contributed by atoms with van der Waals surface area (Å²) in [5, 5.41) is 4.86. The van der Waals surface area contributed by atoms with Crippen LogP contribution in [0, 0.1) is 11.8 Å². The Morgan fingerprint density at radius 2 is 1.67 bits per heavy atom. The highest BCUT2D eigenvalue weighted by Crippen LogP contribution is 2.38. The van der Waals surface area contributed by atoms with E-state index in [1.165, 1.54) is 14.2 Å². The first-order valence-electron chi connectivity index (χ1n) is 12.6. The zero-order chi connectivity index (χ0) is 30.3. The normalized spacial score (nSPS) is 11.3. The fourth-order valence-electron chi connectivity index (χ4n) is 3.78. The number of imidazole rings is 2. The lowest BCUT2D eigenvalue weighted by molar-refractivity contribution is -0.111. The van der Waals surface area contributed by atoms with Gasteiger partial charge >= 0.3 is 12.2 Å². The number of nitrogens with one attached hydrogen (secondary N) is 4.